The van der Waals surface area contributed by atoms with Crippen molar-refractivity contribution >= 4 is 17.2 Å². The van der Waals surface area contributed by atoms with Gasteiger partial charge < -0.3 is 10.6 Å². The minimum atomic E-state index is -0.321. The lowest BCUT2D eigenvalue weighted by Crippen LogP contribution is -2.32. The van der Waals surface area contributed by atoms with Crippen molar-refractivity contribution in [2.45, 2.75) is 12.7 Å². The highest BCUT2D eigenvalue weighted by atomic mass is 32.1. The van der Waals surface area contributed by atoms with E-state index in [-0.39, 0.29) is 12.1 Å². The van der Waals surface area contributed by atoms with Gasteiger partial charge in [0.15, 0.2) is 0 Å². The minimum absolute atomic E-state index is 0.0271. The number of nitrogens with zero attached hydrogens (tertiary/aromatic N) is 1. The molecule has 3 rings (SSSR count). The number of nitrogens with two attached hydrogens (primary N) is 1. The molecule has 1 atom stereocenters. The average molecular weight is 244 g/mol. The van der Waals surface area contributed by atoms with Crippen LogP contribution in [0.1, 0.15) is 27.7 Å². The molecule has 0 aliphatic carbocycles. The molecule has 1 aromatic heterocycles. The average Bonchev–Trinajstić information content (AvgIpc) is 2.94. The first-order valence-corrected chi connectivity index (χ1v) is 6.38. The number of fused-ring (bicyclic) bond motifs is 1. The Balaban J connectivity index is 1.92. The molecule has 0 saturated heterocycles. The van der Waals surface area contributed by atoms with Gasteiger partial charge in [-0.1, -0.05) is 18.2 Å². The fraction of sp³-hybridized carbons (Fsp3) is 0.154. The summed E-state index contributed by atoms with van der Waals surface area (Å²) >= 11 is 1.63. The first kappa shape index (κ1) is 10.5. The van der Waals surface area contributed by atoms with E-state index < -0.39 is 0 Å². The van der Waals surface area contributed by atoms with E-state index in [1.807, 2.05) is 41.1 Å². The molecule has 0 bridgehead atoms. The van der Waals surface area contributed by atoms with Crippen LogP contribution in [0.15, 0.2) is 41.1 Å². The van der Waals surface area contributed by atoms with E-state index in [1.54, 1.807) is 16.2 Å². The summed E-state index contributed by atoms with van der Waals surface area (Å²) in [5, 5.41) is 4.05. The van der Waals surface area contributed by atoms with Gasteiger partial charge in [-0.05, 0) is 28.5 Å². The second-order valence-electron chi connectivity index (χ2n) is 4.10. The van der Waals surface area contributed by atoms with E-state index in [1.165, 1.54) is 0 Å². The number of hydrogen-bond donors (Lipinski definition) is 1. The molecule has 0 spiro atoms. The first-order valence-electron chi connectivity index (χ1n) is 5.44. The summed E-state index contributed by atoms with van der Waals surface area (Å²) in [4.78, 5) is 13.9. The standard InChI is InChI=1S/C13H12N2OS/c14-12-10-3-1-2-4-11(10)13(16)15(12)7-9-5-6-17-8-9/h1-6,8,12H,7,14H2. The van der Waals surface area contributed by atoms with Crippen molar-refractivity contribution in [2.75, 3.05) is 0 Å². The van der Waals surface area contributed by atoms with Gasteiger partial charge in [0, 0.05) is 17.7 Å². The molecule has 0 radical (unpaired) electrons. The maximum Gasteiger partial charge on any atom is 0.256 e. The van der Waals surface area contributed by atoms with Crippen molar-refractivity contribution in [3.63, 3.8) is 0 Å². The van der Waals surface area contributed by atoms with Crippen molar-refractivity contribution in [2.24, 2.45) is 5.73 Å². The summed E-state index contributed by atoms with van der Waals surface area (Å²) in [7, 11) is 0. The van der Waals surface area contributed by atoms with E-state index >= 15 is 0 Å². The molecule has 1 aliphatic rings. The third-order valence-corrected chi connectivity index (χ3v) is 3.77. The molecule has 1 amide bonds. The fourth-order valence-electron chi connectivity index (χ4n) is 2.15. The summed E-state index contributed by atoms with van der Waals surface area (Å²) < 4.78 is 0. The summed E-state index contributed by atoms with van der Waals surface area (Å²) in [6.07, 6.45) is -0.321. The molecule has 1 aromatic carbocycles. The van der Waals surface area contributed by atoms with Crippen LogP contribution in [0, 0.1) is 0 Å². The lowest BCUT2D eigenvalue weighted by Gasteiger charge is -2.21. The Hall–Kier alpha value is -1.65. The molecule has 1 aliphatic heterocycles. The molecule has 4 heteroatoms. The molecule has 2 N–H and O–H groups in total. The van der Waals surface area contributed by atoms with Gasteiger partial charge in [-0.3, -0.25) is 4.79 Å². The van der Waals surface area contributed by atoms with Crippen LogP contribution in [0.5, 0.6) is 0 Å². The third-order valence-electron chi connectivity index (χ3n) is 3.04. The Morgan fingerprint density at radius 3 is 2.82 bits per heavy atom. The predicted molar refractivity (Wildman–Crippen MR) is 67.6 cm³/mol. The summed E-state index contributed by atoms with van der Waals surface area (Å²) in [6, 6.07) is 9.57. The second kappa shape index (κ2) is 3.98. The lowest BCUT2D eigenvalue weighted by atomic mass is 10.1. The Morgan fingerprint density at radius 1 is 1.29 bits per heavy atom. The van der Waals surface area contributed by atoms with Gasteiger partial charge in [-0.25, -0.2) is 0 Å². The normalized spacial score (nSPS) is 18.5. The van der Waals surface area contributed by atoms with Crippen molar-refractivity contribution in [1.82, 2.24) is 4.90 Å². The van der Waals surface area contributed by atoms with E-state index in [2.05, 4.69) is 0 Å². The largest absolute Gasteiger partial charge is 0.315 e. The number of hydrogen-bond acceptors (Lipinski definition) is 3. The van der Waals surface area contributed by atoms with Crippen LogP contribution in [0.3, 0.4) is 0 Å². The van der Waals surface area contributed by atoms with Crippen LogP contribution in [0.4, 0.5) is 0 Å². The van der Waals surface area contributed by atoms with Gasteiger partial charge in [-0.2, -0.15) is 11.3 Å². The van der Waals surface area contributed by atoms with Crippen molar-refractivity contribution < 1.29 is 4.79 Å². The SMILES string of the molecule is NC1c2ccccc2C(=O)N1Cc1ccsc1. The Morgan fingerprint density at radius 2 is 2.12 bits per heavy atom. The van der Waals surface area contributed by atoms with Crippen molar-refractivity contribution in [3.05, 3.63) is 57.8 Å². The van der Waals surface area contributed by atoms with Crippen LogP contribution in [0.2, 0.25) is 0 Å². The Bertz CT molecular complexity index is 550. The highest BCUT2D eigenvalue weighted by molar-refractivity contribution is 7.07. The summed E-state index contributed by atoms with van der Waals surface area (Å²) in [6.45, 7) is 0.582. The van der Waals surface area contributed by atoms with Crippen LogP contribution >= 0.6 is 11.3 Å². The van der Waals surface area contributed by atoms with Crippen molar-refractivity contribution in [1.29, 1.82) is 0 Å². The number of carbonyl (C=O) groups is 1. The van der Waals surface area contributed by atoms with E-state index in [4.69, 9.17) is 5.73 Å². The van der Waals surface area contributed by atoms with E-state index in [0.717, 1.165) is 16.7 Å². The number of benzene rings is 1. The summed E-state index contributed by atoms with van der Waals surface area (Å²) in [5.41, 5.74) is 8.89. The topological polar surface area (TPSA) is 46.3 Å². The zero-order chi connectivity index (χ0) is 11.8. The smallest absolute Gasteiger partial charge is 0.256 e. The fourth-order valence-corrected chi connectivity index (χ4v) is 2.81. The van der Waals surface area contributed by atoms with Gasteiger partial charge in [0.25, 0.3) is 5.91 Å². The van der Waals surface area contributed by atoms with Gasteiger partial charge in [0.1, 0.15) is 6.17 Å². The number of thiophene rings is 1. The molecule has 17 heavy (non-hydrogen) atoms. The zero-order valence-electron chi connectivity index (χ0n) is 9.17. The molecule has 3 nitrogen and oxygen atoms in total. The van der Waals surface area contributed by atoms with Crippen LogP contribution < -0.4 is 5.73 Å². The maximum absolute atomic E-state index is 12.2. The third kappa shape index (κ3) is 1.66. The first-order chi connectivity index (χ1) is 8.27. The predicted octanol–water partition coefficient (Wildman–Crippen LogP) is 2.36. The zero-order valence-corrected chi connectivity index (χ0v) is 9.98. The molecule has 1 unspecified atom stereocenters. The van der Waals surface area contributed by atoms with Gasteiger partial charge >= 0.3 is 0 Å². The second-order valence-corrected chi connectivity index (χ2v) is 4.88. The highest BCUT2D eigenvalue weighted by Gasteiger charge is 2.33. The molecular weight excluding hydrogens is 232 g/mol. The molecule has 2 heterocycles. The molecular formula is C13H12N2OS. The molecule has 0 fully saturated rings. The number of rotatable bonds is 2. The van der Waals surface area contributed by atoms with Gasteiger partial charge in [0.05, 0.1) is 0 Å². The Kier molecular flexibility index (Phi) is 2.46. The van der Waals surface area contributed by atoms with E-state index in [0.29, 0.717) is 6.54 Å². The lowest BCUT2D eigenvalue weighted by molar-refractivity contribution is 0.0714. The number of carbonyl (C=O) groups excluding carboxylic acids is 1. The van der Waals surface area contributed by atoms with Gasteiger partial charge in [0.2, 0.25) is 0 Å². The van der Waals surface area contributed by atoms with E-state index in [9.17, 15) is 4.79 Å². The molecule has 0 saturated carbocycles. The maximum atomic E-state index is 12.2. The van der Waals surface area contributed by atoms with Gasteiger partial charge in [-0.15, -0.1) is 0 Å². The summed E-state index contributed by atoms with van der Waals surface area (Å²) in [5.74, 6) is 0.0271. The van der Waals surface area contributed by atoms with Crippen LogP contribution in [0.25, 0.3) is 0 Å². The quantitative estimate of drug-likeness (QED) is 0.881. The minimum Gasteiger partial charge on any atom is -0.315 e. The Labute approximate surface area is 103 Å². The molecule has 86 valence electrons. The van der Waals surface area contributed by atoms with Crippen LogP contribution in [-0.4, -0.2) is 10.8 Å². The monoisotopic (exact) mass is 244 g/mol. The highest BCUT2D eigenvalue weighted by Crippen LogP contribution is 2.31. The molecule has 2 aromatic rings. The van der Waals surface area contributed by atoms with Crippen molar-refractivity contribution in [3.8, 4) is 0 Å². The van der Waals surface area contributed by atoms with Crippen LogP contribution in [-0.2, 0) is 6.54 Å². The number of amides is 1.